The minimum Gasteiger partial charge on any atom is -0.321 e. The molecular formula is C15H16N4O. The molecule has 1 aromatic carbocycles. The Hall–Kier alpha value is -2.58. The van der Waals surface area contributed by atoms with Gasteiger partial charge in [0.15, 0.2) is 0 Å². The Kier molecular flexibility index (Phi) is 4.18. The molecule has 20 heavy (non-hydrogen) atoms. The molecule has 0 bridgehead atoms. The zero-order chi connectivity index (χ0) is 14.5. The van der Waals surface area contributed by atoms with E-state index in [1.807, 2.05) is 31.2 Å². The van der Waals surface area contributed by atoms with E-state index in [9.17, 15) is 4.79 Å². The van der Waals surface area contributed by atoms with E-state index in [0.29, 0.717) is 17.9 Å². The maximum absolute atomic E-state index is 12.1. The fourth-order valence-corrected chi connectivity index (χ4v) is 1.81. The molecule has 0 aliphatic heterocycles. The van der Waals surface area contributed by atoms with Crippen molar-refractivity contribution in [3.8, 4) is 11.8 Å². The molecule has 3 N–H and O–H groups in total. The number of anilines is 1. The van der Waals surface area contributed by atoms with Crippen LogP contribution in [0.15, 0.2) is 30.3 Å². The van der Waals surface area contributed by atoms with Crippen LogP contribution in [-0.4, -0.2) is 22.2 Å². The smallest absolute Gasteiger partial charge is 0.273 e. The van der Waals surface area contributed by atoms with Crippen molar-refractivity contribution in [1.82, 2.24) is 9.78 Å². The van der Waals surface area contributed by atoms with Crippen molar-refractivity contribution in [1.29, 1.82) is 0 Å². The van der Waals surface area contributed by atoms with Gasteiger partial charge in [0.2, 0.25) is 0 Å². The van der Waals surface area contributed by atoms with Crippen LogP contribution in [0.4, 0.5) is 5.69 Å². The molecular weight excluding hydrogens is 252 g/mol. The summed E-state index contributed by atoms with van der Waals surface area (Å²) in [5.74, 6) is 5.52. The molecule has 0 aliphatic rings. The van der Waals surface area contributed by atoms with Crippen LogP contribution in [0.3, 0.4) is 0 Å². The summed E-state index contributed by atoms with van der Waals surface area (Å²) in [4.78, 5) is 12.1. The third kappa shape index (κ3) is 3.25. The molecule has 0 unspecified atom stereocenters. The highest BCUT2D eigenvalue weighted by molar-refractivity contribution is 6.03. The van der Waals surface area contributed by atoms with Crippen molar-refractivity contribution in [2.45, 2.75) is 6.92 Å². The average molecular weight is 268 g/mol. The van der Waals surface area contributed by atoms with E-state index in [-0.39, 0.29) is 5.91 Å². The third-order valence-corrected chi connectivity index (χ3v) is 2.71. The highest BCUT2D eigenvalue weighted by Crippen LogP contribution is 2.11. The van der Waals surface area contributed by atoms with Crippen molar-refractivity contribution in [2.24, 2.45) is 12.8 Å². The Morgan fingerprint density at radius 3 is 2.65 bits per heavy atom. The summed E-state index contributed by atoms with van der Waals surface area (Å²) < 4.78 is 1.56. The van der Waals surface area contributed by atoms with Crippen LogP contribution in [0.5, 0.6) is 0 Å². The SMILES string of the molecule is Cc1cc(C(=O)Nc2ccc(C#CCN)cc2)n(C)n1. The van der Waals surface area contributed by atoms with Crippen LogP contribution in [0.2, 0.25) is 0 Å². The quantitative estimate of drug-likeness (QED) is 0.806. The van der Waals surface area contributed by atoms with E-state index in [4.69, 9.17) is 5.73 Å². The Labute approximate surface area is 117 Å². The molecule has 1 heterocycles. The van der Waals surface area contributed by atoms with Crippen molar-refractivity contribution in [2.75, 3.05) is 11.9 Å². The summed E-state index contributed by atoms with van der Waals surface area (Å²) in [5.41, 5.74) is 8.23. The van der Waals surface area contributed by atoms with Crippen molar-refractivity contribution in [3.63, 3.8) is 0 Å². The Morgan fingerprint density at radius 1 is 1.40 bits per heavy atom. The molecule has 0 saturated heterocycles. The zero-order valence-corrected chi connectivity index (χ0v) is 11.5. The van der Waals surface area contributed by atoms with Crippen molar-refractivity contribution in [3.05, 3.63) is 47.3 Å². The number of carbonyl (C=O) groups is 1. The lowest BCUT2D eigenvalue weighted by molar-refractivity contribution is 0.101. The van der Waals surface area contributed by atoms with Crippen LogP contribution in [0.25, 0.3) is 0 Å². The number of aromatic nitrogens is 2. The predicted octanol–water partition coefficient (Wildman–Crippen LogP) is 1.29. The summed E-state index contributed by atoms with van der Waals surface area (Å²) in [7, 11) is 1.74. The lowest BCUT2D eigenvalue weighted by Gasteiger charge is -2.05. The third-order valence-electron chi connectivity index (χ3n) is 2.71. The predicted molar refractivity (Wildman–Crippen MR) is 78.3 cm³/mol. The Morgan fingerprint density at radius 2 is 2.10 bits per heavy atom. The molecule has 1 amide bonds. The number of rotatable bonds is 2. The second-order valence-corrected chi connectivity index (χ2v) is 4.33. The fourth-order valence-electron chi connectivity index (χ4n) is 1.81. The molecule has 2 rings (SSSR count). The molecule has 5 nitrogen and oxygen atoms in total. The number of amides is 1. The molecule has 0 atom stereocenters. The molecule has 5 heteroatoms. The highest BCUT2D eigenvalue weighted by atomic mass is 16.2. The molecule has 0 aliphatic carbocycles. The summed E-state index contributed by atoms with van der Waals surface area (Å²) >= 11 is 0. The van der Waals surface area contributed by atoms with Gasteiger partial charge in [-0.1, -0.05) is 11.8 Å². The first-order chi connectivity index (χ1) is 9.60. The van der Waals surface area contributed by atoms with Gasteiger partial charge in [-0.3, -0.25) is 9.48 Å². The standard InChI is InChI=1S/C15H16N4O/c1-11-10-14(19(2)18-11)15(20)17-13-7-5-12(6-8-13)4-3-9-16/h5-8,10H,9,16H2,1-2H3,(H,17,20). The Balaban J connectivity index is 2.10. The maximum atomic E-state index is 12.1. The number of aryl methyl sites for hydroxylation is 2. The first-order valence-corrected chi connectivity index (χ1v) is 6.21. The summed E-state index contributed by atoms with van der Waals surface area (Å²) in [5, 5.41) is 6.97. The number of nitrogens with one attached hydrogen (secondary N) is 1. The van der Waals surface area contributed by atoms with Gasteiger partial charge in [0.1, 0.15) is 5.69 Å². The summed E-state index contributed by atoms with van der Waals surface area (Å²) in [6.07, 6.45) is 0. The Bertz CT molecular complexity index is 674. The molecule has 2 aromatic rings. The first kappa shape index (κ1) is 13.8. The van der Waals surface area contributed by atoms with Crippen LogP contribution in [0.1, 0.15) is 21.7 Å². The number of benzene rings is 1. The summed E-state index contributed by atoms with van der Waals surface area (Å²) in [6.45, 7) is 2.18. The van der Waals surface area contributed by atoms with E-state index >= 15 is 0 Å². The molecule has 102 valence electrons. The van der Waals surface area contributed by atoms with Crippen molar-refractivity contribution < 1.29 is 4.79 Å². The topological polar surface area (TPSA) is 72.9 Å². The number of carbonyl (C=O) groups excluding carboxylic acids is 1. The van der Waals surface area contributed by atoms with Crippen LogP contribution in [-0.2, 0) is 7.05 Å². The fraction of sp³-hybridized carbons (Fsp3) is 0.200. The molecule has 0 radical (unpaired) electrons. The van der Waals surface area contributed by atoms with Gasteiger partial charge in [0.05, 0.1) is 12.2 Å². The number of nitrogens with two attached hydrogens (primary N) is 1. The van der Waals surface area contributed by atoms with E-state index in [2.05, 4.69) is 22.3 Å². The number of hydrogen-bond donors (Lipinski definition) is 2. The van der Waals surface area contributed by atoms with Gasteiger partial charge < -0.3 is 11.1 Å². The molecule has 0 spiro atoms. The molecule has 1 aromatic heterocycles. The lowest BCUT2D eigenvalue weighted by atomic mass is 10.2. The molecule has 0 fully saturated rings. The van der Waals surface area contributed by atoms with Gasteiger partial charge in [0.25, 0.3) is 5.91 Å². The van der Waals surface area contributed by atoms with Crippen molar-refractivity contribution >= 4 is 11.6 Å². The second-order valence-electron chi connectivity index (χ2n) is 4.33. The van der Waals surface area contributed by atoms with Gasteiger partial charge in [-0.25, -0.2) is 0 Å². The van der Waals surface area contributed by atoms with E-state index < -0.39 is 0 Å². The molecule has 0 saturated carbocycles. The summed E-state index contributed by atoms with van der Waals surface area (Å²) in [6, 6.07) is 9.04. The van der Waals surface area contributed by atoms with Gasteiger partial charge in [-0.15, -0.1) is 0 Å². The van der Waals surface area contributed by atoms with Gasteiger partial charge in [-0.05, 0) is 37.3 Å². The zero-order valence-electron chi connectivity index (χ0n) is 11.5. The maximum Gasteiger partial charge on any atom is 0.273 e. The average Bonchev–Trinajstić information content (AvgIpc) is 2.77. The van der Waals surface area contributed by atoms with Crippen LogP contribution < -0.4 is 11.1 Å². The minimum atomic E-state index is -0.186. The van der Waals surface area contributed by atoms with Gasteiger partial charge >= 0.3 is 0 Å². The van der Waals surface area contributed by atoms with E-state index in [1.54, 1.807) is 17.8 Å². The second kappa shape index (κ2) is 6.04. The number of nitrogens with zero attached hydrogens (tertiary/aromatic N) is 2. The highest BCUT2D eigenvalue weighted by Gasteiger charge is 2.11. The minimum absolute atomic E-state index is 0.186. The normalized spacial score (nSPS) is 9.75. The number of hydrogen-bond acceptors (Lipinski definition) is 3. The monoisotopic (exact) mass is 268 g/mol. The first-order valence-electron chi connectivity index (χ1n) is 6.21. The van der Waals surface area contributed by atoms with Crippen LogP contribution in [0, 0.1) is 18.8 Å². The van der Waals surface area contributed by atoms with Crippen LogP contribution >= 0.6 is 0 Å². The van der Waals surface area contributed by atoms with E-state index in [0.717, 1.165) is 11.3 Å². The van der Waals surface area contributed by atoms with Gasteiger partial charge in [0, 0.05) is 18.3 Å². The van der Waals surface area contributed by atoms with E-state index in [1.165, 1.54) is 0 Å². The largest absolute Gasteiger partial charge is 0.321 e. The van der Waals surface area contributed by atoms with Gasteiger partial charge in [-0.2, -0.15) is 5.10 Å². The lowest BCUT2D eigenvalue weighted by Crippen LogP contribution is -2.15.